The van der Waals surface area contributed by atoms with E-state index >= 15 is 0 Å². The molecule has 0 saturated heterocycles. The maximum atomic E-state index is 12.6. The molecule has 1 aromatic heterocycles. The number of rotatable bonds is 9. The number of hydrogen-bond donors (Lipinski definition) is 1. The number of hydrogen-bond acceptors (Lipinski definition) is 6. The maximum Gasteiger partial charge on any atom is 0.254 e. The fourth-order valence-electron chi connectivity index (χ4n) is 2.22. The molecule has 0 aromatic carbocycles. The van der Waals surface area contributed by atoms with Crippen molar-refractivity contribution in [2.45, 2.75) is 38.3 Å². The highest BCUT2D eigenvalue weighted by molar-refractivity contribution is 7.91. The third-order valence-corrected chi connectivity index (χ3v) is 7.02. The second kappa shape index (κ2) is 8.07. The third-order valence-electron chi connectivity index (χ3n) is 3.47. The molecule has 0 aliphatic rings. The molecule has 122 valence electrons. The molecule has 0 saturated carbocycles. The molecule has 21 heavy (non-hydrogen) atoms. The second-order valence-electron chi connectivity index (χ2n) is 4.80. The first kappa shape index (κ1) is 18.3. The fourth-order valence-corrected chi connectivity index (χ4v) is 5.14. The van der Waals surface area contributed by atoms with Gasteiger partial charge < -0.3 is 10.6 Å². The molecule has 1 aromatic rings. The topological polar surface area (TPSA) is 79.5 Å². The lowest BCUT2D eigenvalue weighted by Crippen LogP contribution is -2.34. The average molecular weight is 335 g/mol. The molecule has 0 fully saturated rings. The minimum atomic E-state index is -3.48. The molecule has 0 bridgehead atoms. The van der Waals surface area contributed by atoms with Gasteiger partial charge in [-0.3, -0.25) is 0 Å². The zero-order valence-electron chi connectivity index (χ0n) is 13.3. The number of sulfonamides is 1. The first-order chi connectivity index (χ1) is 9.86. The Labute approximate surface area is 132 Å². The van der Waals surface area contributed by atoms with Crippen molar-refractivity contribution >= 4 is 26.5 Å². The Hall–Kier alpha value is -0.700. The van der Waals surface area contributed by atoms with Gasteiger partial charge in [0.2, 0.25) is 0 Å². The van der Waals surface area contributed by atoms with Crippen LogP contribution in [0, 0.1) is 6.92 Å². The highest BCUT2D eigenvalue weighted by atomic mass is 32.2. The van der Waals surface area contributed by atoms with E-state index in [9.17, 15) is 8.42 Å². The predicted molar refractivity (Wildman–Crippen MR) is 88.1 cm³/mol. The Morgan fingerprint density at radius 2 is 1.76 bits per heavy atom. The second-order valence-corrected chi connectivity index (χ2v) is 7.97. The predicted octanol–water partition coefficient (Wildman–Crippen LogP) is 1.78. The molecular weight excluding hydrogens is 308 g/mol. The van der Waals surface area contributed by atoms with Crippen molar-refractivity contribution in [1.82, 2.24) is 14.2 Å². The van der Waals surface area contributed by atoms with Crippen molar-refractivity contribution in [3.05, 3.63) is 5.69 Å². The lowest BCUT2D eigenvalue weighted by molar-refractivity contribution is 0.285. The molecule has 0 aliphatic carbocycles. The molecule has 1 rings (SSSR count). The Balaban J connectivity index is 2.77. The molecule has 8 heteroatoms. The fraction of sp³-hybridized carbons (Fsp3) is 0.769. The monoisotopic (exact) mass is 334 g/mol. The average Bonchev–Trinajstić information content (AvgIpc) is 2.78. The van der Waals surface area contributed by atoms with Crippen LogP contribution in [0.15, 0.2) is 4.21 Å². The number of nitrogens with zero attached hydrogens (tertiary/aromatic N) is 3. The molecule has 0 amide bonds. The minimum absolute atomic E-state index is 0.268. The molecule has 0 unspecified atom stereocenters. The van der Waals surface area contributed by atoms with Gasteiger partial charge in [-0.05, 0) is 33.0 Å². The van der Waals surface area contributed by atoms with E-state index in [1.807, 2.05) is 6.92 Å². The molecule has 6 nitrogen and oxygen atoms in total. The van der Waals surface area contributed by atoms with Crippen molar-refractivity contribution in [2.24, 2.45) is 0 Å². The van der Waals surface area contributed by atoms with Gasteiger partial charge in [0.15, 0.2) is 9.34 Å². The largest absolute Gasteiger partial charge is 0.375 e. The minimum Gasteiger partial charge on any atom is -0.375 e. The van der Waals surface area contributed by atoms with Gasteiger partial charge in [-0.25, -0.2) is 13.4 Å². The zero-order valence-corrected chi connectivity index (χ0v) is 14.9. The summed E-state index contributed by atoms with van der Waals surface area (Å²) < 4.78 is 27.1. The molecule has 0 aliphatic heterocycles. The van der Waals surface area contributed by atoms with Crippen LogP contribution >= 0.6 is 11.3 Å². The van der Waals surface area contributed by atoms with E-state index in [2.05, 4.69) is 23.7 Å². The van der Waals surface area contributed by atoms with Gasteiger partial charge in [0, 0.05) is 13.1 Å². The lowest BCUT2D eigenvalue weighted by Gasteiger charge is -2.22. The summed E-state index contributed by atoms with van der Waals surface area (Å²) in [6.07, 6.45) is 0.822. The van der Waals surface area contributed by atoms with Crippen molar-refractivity contribution in [3.63, 3.8) is 0 Å². The molecular formula is C13H26N4O2S2. The van der Waals surface area contributed by atoms with Crippen molar-refractivity contribution < 1.29 is 8.42 Å². The Bertz CT molecular complexity index is 538. The summed E-state index contributed by atoms with van der Waals surface area (Å²) in [4.78, 5) is 6.30. The van der Waals surface area contributed by atoms with Crippen LogP contribution < -0.4 is 5.73 Å². The Kier molecular flexibility index (Phi) is 7.05. The van der Waals surface area contributed by atoms with Gasteiger partial charge in [0.1, 0.15) is 0 Å². The number of nitrogens with two attached hydrogens (primary N) is 1. The van der Waals surface area contributed by atoms with Crippen LogP contribution in [0.4, 0.5) is 5.13 Å². The number of aromatic nitrogens is 1. The van der Waals surface area contributed by atoms with Crippen molar-refractivity contribution in [1.29, 1.82) is 0 Å². The van der Waals surface area contributed by atoms with Gasteiger partial charge in [-0.2, -0.15) is 4.31 Å². The third kappa shape index (κ3) is 4.64. The molecule has 2 N–H and O–H groups in total. The highest BCUT2D eigenvalue weighted by Crippen LogP contribution is 2.27. The van der Waals surface area contributed by atoms with E-state index in [4.69, 9.17) is 5.73 Å². The Morgan fingerprint density at radius 3 is 2.19 bits per heavy atom. The number of aryl methyl sites for hydroxylation is 1. The normalized spacial score (nSPS) is 12.5. The van der Waals surface area contributed by atoms with E-state index in [0.717, 1.165) is 37.4 Å². The van der Waals surface area contributed by atoms with Crippen LogP contribution in [0.2, 0.25) is 0 Å². The zero-order chi connectivity index (χ0) is 16.0. The number of thiazole rings is 1. The molecule has 0 atom stereocenters. The Morgan fingerprint density at radius 1 is 1.14 bits per heavy atom. The van der Waals surface area contributed by atoms with E-state index < -0.39 is 10.0 Å². The quantitative estimate of drug-likeness (QED) is 0.744. The van der Waals surface area contributed by atoms with Crippen LogP contribution in [-0.2, 0) is 10.0 Å². The van der Waals surface area contributed by atoms with E-state index in [0.29, 0.717) is 23.9 Å². The molecule has 1 heterocycles. The van der Waals surface area contributed by atoms with Crippen LogP contribution in [0.5, 0.6) is 0 Å². The summed E-state index contributed by atoms with van der Waals surface area (Å²) in [5, 5.41) is 0.297. The van der Waals surface area contributed by atoms with Crippen LogP contribution in [0.25, 0.3) is 0 Å². The summed E-state index contributed by atoms with van der Waals surface area (Å²) in [6, 6.07) is 0. The molecule has 0 spiro atoms. The van der Waals surface area contributed by atoms with E-state index in [1.54, 1.807) is 6.92 Å². The highest BCUT2D eigenvalue weighted by Gasteiger charge is 2.27. The number of nitrogen functional groups attached to an aromatic ring is 1. The van der Waals surface area contributed by atoms with Crippen LogP contribution in [0.3, 0.4) is 0 Å². The smallest absolute Gasteiger partial charge is 0.254 e. The lowest BCUT2D eigenvalue weighted by atomic mass is 10.3. The van der Waals surface area contributed by atoms with Crippen molar-refractivity contribution in [3.8, 4) is 0 Å². The van der Waals surface area contributed by atoms with Crippen LogP contribution in [0.1, 0.15) is 32.9 Å². The SMILES string of the molecule is CCN(CC)CCCN(CC)S(=O)(=O)c1sc(N)nc1C. The first-order valence-corrected chi connectivity index (χ1v) is 9.57. The molecule has 0 radical (unpaired) electrons. The van der Waals surface area contributed by atoms with Gasteiger partial charge in [0.05, 0.1) is 5.69 Å². The standard InChI is InChI=1S/C13H26N4O2S2/c1-5-16(6-2)9-8-10-17(7-3)21(18,19)12-11(4)15-13(14)20-12/h5-10H2,1-4H3,(H2,14,15). The van der Waals surface area contributed by atoms with Crippen LogP contribution in [-0.4, -0.2) is 55.3 Å². The van der Waals surface area contributed by atoms with Gasteiger partial charge >= 0.3 is 0 Å². The maximum absolute atomic E-state index is 12.6. The van der Waals surface area contributed by atoms with Crippen molar-refractivity contribution in [2.75, 3.05) is 38.5 Å². The number of anilines is 1. The summed E-state index contributed by atoms with van der Waals surface area (Å²) in [5.41, 5.74) is 6.10. The summed E-state index contributed by atoms with van der Waals surface area (Å²) in [6.45, 7) is 11.6. The van der Waals surface area contributed by atoms with Gasteiger partial charge in [0.25, 0.3) is 10.0 Å². The van der Waals surface area contributed by atoms with Gasteiger partial charge in [-0.1, -0.05) is 32.1 Å². The van der Waals surface area contributed by atoms with E-state index in [-0.39, 0.29) is 4.21 Å². The summed E-state index contributed by atoms with van der Waals surface area (Å²) >= 11 is 1.04. The van der Waals surface area contributed by atoms with Gasteiger partial charge in [-0.15, -0.1) is 0 Å². The van der Waals surface area contributed by atoms with E-state index in [1.165, 1.54) is 4.31 Å². The summed E-state index contributed by atoms with van der Waals surface area (Å²) in [7, 11) is -3.48. The summed E-state index contributed by atoms with van der Waals surface area (Å²) in [5.74, 6) is 0. The first-order valence-electron chi connectivity index (χ1n) is 7.32.